The van der Waals surface area contributed by atoms with Crippen LogP contribution in [0.4, 0.5) is 4.39 Å². The molecule has 0 amide bonds. The van der Waals surface area contributed by atoms with Crippen molar-refractivity contribution in [2.75, 3.05) is 0 Å². The second-order valence-electron chi connectivity index (χ2n) is 6.78. The van der Waals surface area contributed by atoms with Crippen LogP contribution in [0.2, 0.25) is 0 Å². The van der Waals surface area contributed by atoms with Crippen molar-refractivity contribution >= 4 is 21.9 Å². The lowest BCUT2D eigenvalue weighted by atomic mass is 9.96. The van der Waals surface area contributed by atoms with E-state index in [9.17, 15) is 9.65 Å². The van der Waals surface area contributed by atoms with Crippen LogP contribution in [0.15, 0.2) is 40.9 Å². The molecule has 2 heterocycles. The summed E-state index contributed by atoms with van der Waals surface area (Å²) in [6, 6.07) is 11.0. The molecule has 0 unspecified atom stereocenters. The van der Waals surface area contributed by atoms with Crippen molar-refractivity contribution in [2.45, 2.75) is 20.8 Å². The molecule has 0 radical (unpaired) electrons. The standard InChI is InChI=1S/C22H18FN2O/c1-12-5-8-19-21(15-6-7-17(23)16(10-24)22(15)26-19)20(12)18-9-13(2)14(3)11-25(18)4/h5-9,11H,1-4H3/q+1. The highest BCUT2D eigenvalue weighted by atomic mass is 19.1. The average Bonchev–Trinajstić information content (AvgIpc) is 2.97. The molecule has 2 aromatic heterocycles. The second kappa shape index (κ2) is 5.67. The molecule has 0 bridgehead atoms. The van der Waals surface area contributed by atoms with E-state index in [2.05, 4.69) is 37.6 Å². The fraction of sp³-hybridized carbons (Fsp3) is 0.182. The van der Waals surface area contributed by atoms with E-state index in [1.54, 1.807) is 6.07 Å². The van der Waals surface area contributed by atoms with Crippen LogP contribution in [0.5, 0.6) is 0 Å². The number of nitrogens with zero attached hydrogens (tertiary/aromatic N) is 2. The summed E-state index contributed by atoms with van der Waals surface area (Å²) in [6.45, 7) is 6.23. The van der Waals surface area contributed by atoms with Gasteiger partial charge in [-0.25, -0.2) is 8.96 Å². The van der Waals surface area contributed by atoms with Crippen molar-refractivity contribution in [1.29, 1.82) is 5.26 Å². The fourth-order valence-corrected chi connectivity index (χ4v) is 3.58. The average molecular weight is 345 g/mol. The van der Waals surface area contributed by atoms with Gasteiger partial charge >= 0.3 is 0 Å². The molecule has 0 spiro atoms. The van der Waals surface area contributed by atoms with Crippen molar-refractivity contribution in [3.63, 3.8) is 0 Å². The van der Waals surface area contributed by atoms with Crippen LogP contribution in [-0.4, -0.2) is 0 Å². The number of pyridine rings is 1. The van der Waals surface area contributed by atoms with Gasteiger partial charge in [-0.3, -0.25) is 0 Å². The Labute approximate surface area is 150 Å². The number of benzene rings is 2. The summed E-state index contributed by atoms with van der Waals surface area (Å²) in [5.74, 6) is -0.561. The number of nitriles is 1. The Balaban J connectivity index is 2.20. The van der Waals surface area contributed by atoms with Crippen molar-refractivity contribution in [3.8, 4) is 17.3 Å². The van der Waals surface area contributed by atoms with E-state index in [4.69, 9.17) is 4.42 Å². The zero-order valence-corrected chi connectivity index (χ0v) is 15.1. The summed E-state index contributed by atoms with van der Waals surface area (Å²) in [6.07, 6.45) is 2.10. The molecule has 0 aliphatic rings. The lowest BCUT2D eigenvalue weighted by Crippen LogP contribution is -2.31. The Morgan fingerprint density at radius 1 is 1.04 bits per heavy atom. The first-order valence-electron chi connectivity index (χ1n) is 8.44. The summed E-state index contributed by atoms with van der Waals surface area (Å²) in [7, 11) is 2.02. The molecule has 0 aliphatic carbocycles. The predicted molar refractivity (Wildman–Crippen MR) is 99.2 cm³/mol. The van der Waals surface area contributed by atoms with Gasteiger partial charge in [0.25, 0.3) is 0 Å². The number of halogens is 1. The fourth-order valence-electron chi connectivity index (χ4n) is 3.58. The topological polar surface area (TPSA) is 40.8 Å². The smallest absolute Gasteiger partial charge is 0.213 e. The van der Waals surface area contributed by atoms with Crippen LogP contribution in [-0.2, 0) is 7.05 Å². The maximum atomic E-state index is 14.0. The van der Waals surface area contributed by atoms with Crippen LogP contribution < -0.4 is 4.57 Å². The van der Waals surface area contributed by atoms with Crippen molar-refractivity contribution in [3.05, 3.63) is 64.6 Å². The van der Waals surface area contributed by atoms with Gasteiger partial charge in [0.05, 0.1) is 5.56 Å². The minimum Gasteiger partial charge on any atom is -0.455 e. The Hall–Kier alpha value is -3.19. The summed E-state index contributed by atoms with van der Waals surface area (Å²) in [5.41, 5.74) is 6.53. The predicted octanol–water partition coefficient (Wildman–Crippen LogP) is 5.01. The molecule has 2 aromatic carbocycles. The third kappa shape index (κ3) is 2.21. The van der Waals surface area contributed by atoms with Gasteiger partial charge in [0.1, 0.15) is 30.1 Å². The minimum absolute atomic E-state index is 0.0493. The van der Waals surface area contributed by atoms with Crippen LogP contribution in [0.3, 0.4) is 0 Å². The molecular formula is C22H18FN2O+. The third-order valence-electron chi connectivity index (χ3n) is 5.07. The van der Waals surface area contributed by atoms with Gasteiger partial charge in [0.2, 0.25) is 5.69 Å². The number of rotatable bonds is 1. The van der Waals surface area contributed by atoms with Gasteiger partial charge < -0.3 is 4.42 Å². The zero-order chi connectivity index (χ0) is 18.6. The van der Waals surface area contributed by atoms with E-state index in [1.165, 1.54) is 17.2 Å². The van der Waals surface area contributed by atoms with Crippen LogP contribution in [0.1, 0.15) is 22.3 Å². The number of fused-ring (bicyclic) bond motifs is 3. The minimum atomic E-state index is -0.561. The molecule has 4 aromatic rings. The SMILES string of the molecule is Cc1cc(-c2c(C)ccc3oc4c(C#N)c(F)ccc4c23)[n+](C)cc1C. The van der Waals surface area contributed by atoms with E-state index in [1.807, 2.05) is 25.2 Å². The third-order valence-corrected chi connectivity index (χ3v) is 5.07. The van der Waals surface area contributed by atoms with E-state index in [0.717, 1.165) is 27.6 Å². The highest BCUT2D eigenvalue weighted by Gasteiger charge is 2.23. The van der Waals surface area contributed by atoms with E-state index >= 15 is 0 Å². The molecule has 3 nitrogen and oxygen atoms in total. The number of hydrogen-bond donors (Lipinski definition) is 0. The molecule has 128 valence electrons. The highest BCUT2D eigenvalue weighted by Crippen LogP contribution is 2.39. The molecule has 0 N–H and O–H groups in total. The summed E-state index contributed by atoms with van der Waals surface area (Å²) in [4.78, 5) is 0. The molecule has 0 atom stereocenters. The van der Waals surface area contributed by atoms with Gasteiger partial charge in [0.15, 0.2) is 11.8 Å². The lowest BCUT2D eigenvalue weighted by molar-refractivity contribution is -0.660. The Bertz CT molecular complexity index is 1250. The molecule has 4 heteroatoms. The summed E-state index contributed by atoms with van der Waals surface area (Å²) in [5, 5.41) is 11.0. The zero-order valence-electron chi connectivity index (χ0n) is 15.1. The lowest BCUT2D eigenvalue weighted by Gasteiger charge is -2.08. The summed E-state index contributed by atoms with van der Waals surface area (Å²) < 4.78 is 22.0. The van der Waals surface area contributed by atoms with Crippen LogP contribution >= 0.6 is 0 Å². The molecular weight excluding hydrogens is 327 g/mol. The van der Waals surface area contributed by atoms with Crippen molar-refractivity contribution in [1.82, 2.24) is 0 Å². The first-order chi connectivity index (χ1) is 12.4. The highest BCUT2D eigenvalue weighted by molar-refractivity contribution is 6.13. The monoisotopic (exact) mass is 345 g/mol. The maximum absolute atomic E-state index is 14.0. The maximum Gasteiger partial charge on any atom is 0.213 e. The quantitative estimate of drug-likeness (QED) is 0.455. The normalized spacial score (nSPS) is 11.2. The van der Waals surface area contributed by atoms with Gasteiger partial charge in [-0.1, -0.05) is 6.07 Å². The Kier molecular flexibility index (Phi) is 3.55. The number of hydrogen-bond acceptors (Lipinski definition) is 2. The van der Waals surface area contributed by atoms with Crippen molar-refractivity contribution < 1.29 is 13.4 Å². The van der Waals surface area contributed by atoms with Crippen LogP contribution in [0.25, 0.3) is 33.2 Å². The molecule has 0 saturated carbocycles. The first-order valence-corrected chi connectivity index (χ1v) is 8.44. The van der Waals surface area contributed by atoms with Crippen LogP contribution in [0, 0.1) is 37.9 Å². The van der Waals surface area contributed by atoms with Crippen molar-refractivity contribution in [2.24, 2.45) is 7.05 Å². The first kappa shape index (κ1) is 16.3. The molecule has 0 saturated heterocycles. The number of furan rings is 1. The van der Waals surface area contributed by atoms with Gasteiger partial charge in [-0.05, 0) is 50.1 Å². The number of aromatic nitrogens is 1. The Morgan fingerprint density at radius 2 is 1.81 bits per heavy atom. The van der Waals surface area contributed by atoms with Gasteiger partial charge in [-0.2, -0.15) is 5.26 Å². The van der Waals surface area contributed by atoms with Gasteiger partial charge in [-0.15, -0.1) is 0 Å². The van der Waals surface area contributed by atoms with E-state index in [-0.39, 0.29) is 5.56 Å². The summed E-state index contributed by atoms with van der Waals surface area (Å²) >= 11 is 0. The Morgan fingerprint density at radius 3 is 2.54 bits per heavy atom. The second-order valence-corrected chi connectivity index (χ2v) is 6.78. The van der Waals surface area contributed by atoms with Gasteiger partial charge in [0, 0.05) is 22.4 Å². The molecule has 4 rings (SSSR count). The largest absolute Gasteiger partial charge is 0.455 e. The van der Waals surface area contributed by atoms with E-state index < -0.39 is 5.82 Å². The van der Waals surface area contributed by atoms with E-state index in [0.29, 0.717) is 11.2 Å². The molecule has 0 fully saturated rings. The molecule has 26 heavy (non-hydrogen) atoms. The number of aryl methyl sites for hydroxylation is 4. The molecule has 0 aliphatic heterocycles.